The summed E-state index contributed by atoms with van der Waals surface area (Å²) in [6.07, 6.45) is 1.50. The van der Waals surface area contributed by atoms with E-state index in [1.807, 2.05) is 66.7 Å². The smallest absolute Gasteiger partial charge is 0.231 e. The first-order valence-corrected chi connectivity index (χ1v) is 11.4. The van der Waals surface area contributed by atoms with Crippen molar-refractivity contribution in [2.45, 2.75) is 27.7 Å². The summed E-state index contributed by atoms with van der Waals surface area (Å²) >= 11 is 0. The predicted molar refractivity (Wildman–Crippen MR) is 161 cm³/mol. The molecule has 38 heavy (non-hydrogen) atoms. The first-order valence-electron chi connectivity index (χ1n) is 11.4. The van der Waals surface area contributed by atoms with E-state index in [2.05, 4.69) is 50.9 Å². The lowest BCUT2D eigenvalue weighted by molar-refractivity contribution is -0.116. The van der Waals surface area contributed by atoms with Gasteiger partial charge >= 0.3 is 0 Å². The number of rotatable bonds is 0. The van der Waals surface area contributed by atoms with Crippen LogP contribution in [-0.4, -0.2) is 25.9 Å². The number of benzene rings is 3. The van der Waals surface area contributed by atoms with E-state index in [9.17, 15) is 4.79 Å². The molecule has 1 N–H and O–H groups in total. The minimum atomic E-state index is 0. The second-order valence-corrected chi connectivity index (χ2v) is 6.70. The third-order valence-electron chi connectivity index (χ3n) is 4.64. The zero-order valence-corrected chi connectivity index (χ0v) is 20.7. The fourth-order valence-electron chi connectivity index (χ4n) is 3.16. The summed E-state index contributed by atoms with van der Waals surface area (Å²) in [6, 6.07) is 23.2. The number of anilines is 1. The highest BCUT2D eigenvalue weighted by molar-refractivity contribution is 5.93. The SMILES string of the molecule is C.C.C=C.C=C.C=C.O=C1CCc2ccccc2N1.c1ccc2c(c1)OCCO2.c1ccc2c(c1)OCO2. The lowest BCUT2D eigenvalue weighted by atomic mass is 10.0. The summed E-state index contributed by atoms with van der Waals surface area (Å²) in [6.45, 7) is 19.7. The third-order valence-corrected chi connectivity index (χ3v) is 4.64. The molecule has 0 atom stereocenters. The number of amides is 1. The van der Waals surface area contributed by atoms with Crippen LogP contribution in [0.5, 0.6) is 23.0 Å². The van der Waals surface area contributed by atoms with Gasteiger partial charge in [-0.25, -0.2) is 0 Å². The molecular formula is C32H43NO5. The van der Waals surface area contributed by atoms with Gasteiger partial charge in [0.05, 0.1) is 0 Å². The second kappa shape index (κ2) is 21.8. The second-order valence-electron chi connectivity index (χ2n) is 6.70. The van der Waals surface area contributed by atoms with Gasteiger partial charge in [0.25, 0.3) is 0 Å². The van der Waals surface area contributed by atoms with Crippen LogP contribution in [0.2, 0.25) is 0 Å². The van der Waals surface area contributed by atoms with Gasteiger partial charge < -0.3 is 24.3 Å². The molecule has 6 heteroatoms. The molecule has 0 unspecified atom stereocenters. The topological polar surface area (TPSA) is 66.0 Å². The van der Waals surface area contributed by atoms with Crippen molar-refractivity contribution < 1.29 is 23.7 Å². The summed E-state index contributed by atoms with van der Waals surface area (Å²) in [5, 5.41) is 2.82. The zero-order valence-electron chi connectivity index (χ0n) is 20.7. The lowest BCUT2D eigenvalue weighted by Gasteiger charge is -2.17. The Morgan fingerprint density at radius 1 is 0.553 bits per heavy atom. The van der Waals surface area contributed by atoms with Gasteiger partial charge in [0.15, 0.2) is 23.0 Å². The molecular weight excluding hydrogens is 478 g/mol. The van der Waals surface area contributed by atoms with E-state index in [1.54, 1.807) is 0 Å². The molecule has 6 rings (SSSR count). The maximum atomic E-state index is 10.9. The van der Waals surface area contributed by atoms with E-state index in [0.717, 1.165) is 35.1 Å². The quantitative estimate of drug-likeness (QED) is 0.303. The maximum Gasteiger partial charge on any atom is 0.231 e. The highest BCUT2D eigenvalue weighted by Crippen LogP contribution is 2.30. The van der Waals surface area contributed by atoms with Crippen LogP contribution >= 0.6 is 0 Å². The average molecular weight is 522 g/mol. The number of carbonyl (C=O) groups excluding carboxylic acids is 1. The lowest BCUT2D eigenvalue weighted by Crippen LogP contribution is -2.18. The zero-order chi connectivity index (χ0) is 26.6. The summed E-state index contributed by atoms with van der Waals surface area (Å²) in [5.74, 6) is 3.53. The first kappa shape index (κ1) is 35.7. The summed E-state index contributed by atoms with van der Waals surface area (Å²) in [5.41, 5.74) is 2.22. The van der Waals surface area contributed by atoms with E-state index in [1.165, 1.54) is 5.56 Å². The molecule has 0 spiro atoms. The van der Waals surface area contributed by atoms with Crippen molar-refractivity contribution in [3.63, 3.8) is 0 Å². The van der Waals surface area contributed by atoms with E-state index < -0.39 is 0 Å². The molecule has 6 nitrogen and oxygen atoms in total. The van der Waals surface area contributed by atoms with Crippen LogP contribution in [0.3, 0.4) is 0 Å². The number of aryl methyl sites for hydroxylation is 1. The number of ether oxygens (including phenoxy) is 4. The molecule has 3 aromatic carbocycles. The van der Waals surface area contributed by atoms with Gasteiger partial charge in [0.2, 0.25) is 12.7 Å². The van der Waals surface area contributed by atoms with E-state index in [4.69, 9.17) is 18.9 Å². The Hall–Kier alpha value is -4.45. The van der Waals surface area contributed by atoms with Gasteiger partial charge in [-0.15, -0.1) is 39.5 Å². The first-order chi connectivity index (χ1) is 17.8. The summed E-state index contributed by atoms with van der Waals surface area (Å²) in [7, 11) is 0. The molecule has 3 aromatic rings. The number of para-hydroxylation sites is 5. The number of hydrogen-bond donors (Lipinski definition) is 1. The van der Waals surface area contributed by atoms with Crippen molar-refractivity contribution in [2.75, 3.05) is 25.3 Å². The van der Waals surface area contributed by atoms with Crippen molar-refractivity contribution in [2.24, 2.45) is 0 Å². The highest BCUT2D eigenvalue weighted by Gasteiger charge is 2.12. The van der Waals surface area contributed by atoms with Gasteiger partial charge in [-0.05, 0) is 42.3 Å². The minimum Gasteiger partial charge on any atom is -0.486 e. The normalized spacial score (nSPS) is 11.9. The van der Waals surface area contributed by atoms with Crippen LogP contribution < -0.4 is 24.3 Å². The molecule has 0 saturated carbocycles. The Bertz CT molecular complexity index is 1000. The van der Waals surface area contributed by atoms with Crippen molar-refractivity contribution in [1.29, 1.82) is 0 Å². The molecule has 0 bridgehead atoms. The van der Waals surface area contributed by atoms with Gasteiger partial charge in [-0.1, -0.05) is 57.3 Å². The van der Waals surface area contributed by atoms with Gasteiger partial charge in [-0.3, -0.25) is 4.79 Å². The van der Waals surface area contributed by atoms with Crippen LogP contribution in [0.4, 0.5) is 5.69 Å². The Balaban J connectivity index is 0. The van der Waals surface area contributed by atoms with Crippen LogP contribution in [0, 0.1) is 0 Å². The molecule has 3 heterocycles. The molecule has 3 aliphatic heterocycles. The van der Waals surface area contributed by atoms with Crippen LogP contribution in [0.15, 0.2) is 112 Å². The molecule has 0 aliphatic carbocycles. The largest absolute Gasteiger partial charge is 0.486 e. The van der Waals surface area contributed by atoms with Crippen molar-refractivity contribution in [1.82, 2.24) is 0 Å². The molecule has 206 valence electrons. The van der Waals surface area contributed by atoms with E-state index in [-0.39, 0.29) is 20.8 Å². The standard InChI is InChI=1S/C9H9NO.C8H8O2.C7H6O2.3C2H4.2CH4/c11-9-6-5-7-3-1-2-4-8(7)10-9;1-2-4-8-7(3-1)9-5-6-10-8;1-2-4-7-6(3-1)8-5-9-7;3*1-2;;/h1-4H,5-6H2,(H,10,11);1-4H,5-6H2;1-4H,5H2;3*1-2H2;2*1H4. The Labute approximate surface area is 229 Å². The van der Waals surface area contributed by atoms with Gasteiger partial charge in [-0.2, -0.15) is 0 Å². The Morgan fingerprint density at radius 2 is 0.947 bits per heavy atom. The average Bonchev–Trinajstić information content (AvgIpc) is 3.46. The van der Waals surface area contributed by atoms with Gasteiger partial charge in [0.1, 0.15) is 13.2 Å². The fraction of sp³-hybridized carbons (Fsp3) is 0.219. The van der Waals surface area contributed by atoms with E-state index in [0.29, 0.717) is 26.4 Å². The number of nitrogens with one attached hydrogen (secondary N) is 1. The Morgan fingerprint density at radius 3 is 1.42 bits per heavy atom. The molecule has 0 aromatic heterocycles. The minimum absolute atomic E-state index is 0. The van der Waals surface area contributed by atoms with Crippen LogP contribution in [-0.2, 0) is 11.2 Å². The highest BCUT2D eigenvalue weighted by atomic mass is 16.7. The summed E-state index contributed by atoms with van der Waals surface area (Å²) in [4.78, 5) is 10.9. The monoisotopic (exact) mass is 521 g/mol. The predicted octanol–water partition coefficient (Wildman–Crippen LogP) is 8.12. The summed E-state index contributed by atoms with van der Waals surface area (Å²) < 4.78 is 20.7. The fourth-order valence-corrected chi connectivity index (χ4v) is 3.16. The van der Waals surface area contributed by atoms with Crippen molar-refractivity contribution in [3.05, 3.63) is 118 Å². The number of carbonyl (C=O) groups is 1. The maximum absolute atomic E-state index is 10.9. The molecule has 0 fully saturated rings. The van der Waals surface area contributed by atoms with Crippen molar-refractivity contribution in [3.8, 4) is 23.0 Å². The van der Waals surface area contributed by atoms with Crippen LogP contribution in [0.1, 0.15) is 26.8 Å². The molecule has 0 radical (unpaired) electrons. The third kappa shape index (κ3) is 11.5. The number of hydrogen-bond acceptors (Lipinski definition) is 5. The molecule has 3 aliphatic rings. The molecule has 1 amide bonds. The van der Waals surface area contributed by atoms with Gasteiger partial charge in [0, 0.05) is 12.1 Å². The Kier molecular flexibility index (Phi) is 20.5. The van der Waals surface area contributed by atoms with Crippen LogP contribution in [0.25, 0.3) is 0 Å². The van der Waals surface area contributed by atoms with Crippen molar-refractivity contribution >= 4 is 11.6 Å². The van der Waals surface area contributed by atoms with E-state index >= 15 is 0 Å². The molecule has 0 saturated heterocycles. The number of fused-ring (bicyclic) bond motifs is 3.